The standard InChI is InChI=1S/C20H20N2O4/c1-20(2,3)26-19(24)14-10-8-13(9-11-14)12-25-22-17-15-6-4-5-7-16(15)21-18(17)23/h4-11H,12H2,1-3H3,(H,21,22,23). The van der Waals surface area contributed by atoms with Gasteiger partial charge < -0.3 is 14.9 Å². The van der Waals surface area contributed by atoms with Crippen LogP contribution in [0, 0.1) is 0 Å². The fraction of sp³-hybridized carbons (Fsp3) is 0.250. The Labute approximate surface area is 151 Å². The van der Waals surface area contributed by atoms with Gasteiger partial charge >= 0.3 is 5.97 Å². The molecule has 0 aliphatic carbocycles. The summed E-state index contributed by atoms with van der Waals surface area (Å²) in [6.07, 6.45) is 0. The second kappa shape index (κ2) is 7.00. The van der Waals surface area contributed by atoms with Crippen molar-refractivity contribution in [1.82, 2.24) is 0 Å². The van der Waals surface area contributed by atoms with Crippen LogP contribution in [0.4, 0.5) is 5.69 Å². The Bertz CT molecular complexity index is 864. The summed E-state index contributed by atoms with van der Waals surface area (Å²) in [7, 11) is 0. The Balaban J connectivity index is 1.62. The second-order valence-electron chi connectivity index (χ2n) is 6.91. The van der Waals surface area contributed by atoms with E-state index in [-0.39, 0.29) is 24.2 Å². The molecule has 2 aromatic carbocycles. The van der Waals surface area contributed by atoms with Crippen LogP contribution in [0.1, 0.15) is 42.3 Å². The molecule has 6 nitrogen and oxygen atoms in total. The number of carbonyl (C=O) groups excluding carboxylic acids is 2. The van der Waals surface area contributed by atoms with Crippen molar-refractivity contribution in [3.63, 3.8) is 0 Å². The number of hydrogen-bond donors (Lipinski definition) is 1. The quantitative estimate of drug-likeness (QED) is 0.675. The average molecular weight is 352 g/mol. The van der Waals surface area contributed by atoms with Crippen LogP contribution in [0.2, 0.25) is 0 Å². The van der Waals surface area contributed by atoms with E-state index in [0.29, 0.717) is 5.56 Å². The highest BCUT2D eigenvalue weighted by molar-refractivity contribution is 6.53. The minimum Gasteiger partial charge on any atom is -0.456 e. The van der Waals surface area contributed by atoms with Crippen molar-refractivity contribution in [3.05, 3.63) is 65.2 Å². The predicted molar refractivity (Wildman–Crippen MR) is 98.0 cm³/mol. The second-order valence-corrected chi connectivity index (χ2v) is 6.91. The average Bonchev–Trinajstić information content (AvgIpc) is 2.90. The van der Waals surface area contributed by atoms with Gasteiger partial charge in [0.15, 0.2) is 5.71 Å². The van der Waals surface area contributed by atoms with Gasteiger partial charge in [-0.15, -0.1) is 0 Å². The zero-order chi connectivity index (χ0) is 18.7. The number of nitrogens with one attached hydrogen (secondary N) is 1. The number of nitrogens with zero attached hydrogens (tertiary/aromatic N) is 1. The van der Waals surface area contributed by atoms with Crippen LogP contribution in [0.25, 0.3) is 0 Å². The molecule has 0 spiro atoms. The normalized spacial score (nSPS) is 14.7. The van der Waals surface area contributed by atoms with Gasteiger partial charge in [-0.25, -0.2) is 4.79 Å². The molecule has 0 unspecified atom stereocenters. The van der Waals surface area contributed by atoms with Crippen molar-refractivity contribution in [3.8, 4) is 0 Å². The lowest BCUT2D eigenvalue weighted by Crippen LogP contribution is -2.23. The van der Waals surface area contributed by atoms with E-state index in [2.05, 4.69) is 10.5 Å². The highest BCUT2D eigenvalue weighted by atomic mass is 16.6. The van der Waals surface area contributed by atoms with Gasteiger partial charge in [0.2, 0.25) is 0 Å². The van der Waals surface area contributed by atoms with E-state index in [0.717, 1.165) is 16.8 Å². The van der Waals surface area contributed by atoms with E-state index in [4.69, 9.17) is 9.57 Å². The van der Waals surface area contributed by atoms with E-state index in [1.54, 1.807) is 24.3 Å². The fourth-order valence-electron chi connectivity index (χ4n) is 2.44. The van der Waals surface area contributed by atoms with Crippen molar-refractivity contribution < 1.29 is 19.2 Å². The molecule has 1 heterocycles. The molecular formula is C20H20N2O4. The van der Waals surface area contributed by atoms with Crippen molar-refractivity contribution in [1.29, 1.82) is 0 Å². The molecule has 0 saturated carbocycles. The Hall–Kier alpha value is -3.15. The molecule has 2 aromatic rings. The summed E-state index contributed by atoms with van der Waals surface area (Å²) in [6, 6.07) is 14.2. The van der Waals surface area contributed by atoms with Gasteiger partial charge in [-0.05, 0) is 44.5 Å². The van der Waals surface area contributed by atoms with Crippen LogP contribution >= 0.6 is 0 Å². The molecule has 3 rings (SSSR count). The molecule has 1 N–H and O–H groups in total. The lowest BCUT2D eigenvalue weighted by molar-refractivity contribution is -0.110. The van der Waals surface area contributed by atoms with E-state index >= 15 is 0 Å². The molecule has 0 atom stereocenters. The molecule has 0 saturated heterocycles. The minimum absolute atomic E-state index is 0.188. The smallest absolute Gasteiger partial charge is 0.338 e. The van der Waals surface area contributed by atoms with Crippen LogP contribution in [-0.2, 0) is 21.0 Å². The van der Waals surface area contributed by atoms with Gasteiger partial charge in [-0.3, -0.25) is 4.79 Å². The number of oxime groups is 1. The van der Waals surface area contributed by atoms with E-state index in [1.807, 2.05) is 45.0 Å². The topological polar surface area (TPSA) is 77.0 Å². The lowest BCUT2D eigenvalue weighted by Gasteiger charge is -2.19. The highest BCUT2D eigenvalue weighted by Gasteiger charge is 2.26. The molecule has 0 fully saturated rings. The molecule has 1 amide bonds. The number of ether oxygens (including phenoxy) is 1. The number of anilines is 1. The third-order valence-corrected chi connectivity index (χ3v) is 3.62. The molecule has 0 bridgehead atoms. The van der Waals surface area contributed by atoms with Crippen molar-refractivity contribution in [2.45, 2.75) is 33.0 Å². The molecular weight excluding hydrogens is 332 g/mol. The highest BCUT2D eigenvalue weighted by Crippen LogP contribution is 2.23. The summed E-state index contributed by atoms with van der Waals surface area (Å²) in [4.78, 5) is 29.2. The summed E-state index contributed by atoms with van der Waals surface area (Å²) in [5.41, 5.74) is 2.46. The van der Waals surface area contributed by atoms with Gasteiger partial charge in [-0.2, -0.15) is 0 Å². The van der Waals surface area contributed by atoms with Crippen LogP contribution in [-0.4, -0.2) is 23.2 Å². The number of fused-ring (bicyclic) bond motifs is 1. The van der Waals surface area contributed by atoms with Crippen molar-refractivity contribution in [2.75, 3.05) is 5.32 Å². The fourth-order valence-corrected chi connectivity index (χ4v) is 2.44. The van der Waals surface area contributed by atoms with Crippen LogP contribution in [0.5, 0.6) is 0 Å². The van der Waals surface area contributed by atoms with Gasteiger partial charge in [-0.1, -0.05) is 35.5 Å². The molecule has 0 radical (unpaired) electrons. The van der Waals surface area contributed by atoms with Gasteiger partial charge in [0.05, 0.1) is 11.3 Å². The minimum atomic E-state index is -0.535. The van der Waals surface area contributed by atoms with Crippen molar-refractivity contribution >= 4 is 23.3 Å². The Morgan fingerprint density at radius 2 is 1.77 bits per heavy atom. The third-order valence-electron chi connectivity index (χ3n) is 3.62. The number of amides is 1. The van der Waals surface area contributed by atoms with Gasteiger partial charge in [0, 0.05) is 5.56 Å². The third kappa shape index (κ3) is 4.08. The number of para-hydroxylation sites is 1. The molecule has 0 aromatic heterocycles. The van der Waals surface area contributed by atoms with Crippen molar-refractivity contribution in [2.24, 2.45) is 5.16 Å². The molecule has 1 aliphatic heterocycles. The first-order chi connectivity index (χ1) is 12.3. The van der Waals surface area contributed by atoms with Gasteiger partial charge in [0.1, 0.15) is 12.2 Å². The summed E-state index contributed by atoms with van der Waals surface area (Å²) in [5.74, 6) is -0.657. The van der Waals surface area contributed by atoms with E-state index in [1.165, 1.54) is 0 Å². The largest absolute Gasteiger partial charge is 0.456 e. The Morgan fingerprint density at radius 3 is 2.46 bits per heavy atom. The van der Waals surface area contributed by atoms with Crippen LogP contribution < -0.4 is 5.32 Å². The number of esters is 1. The summed E-state index contributed by atoms with van der Waals surface area (Å²) < 4.78 is 5.32. The summed E-state index contributed by atoms with van der Waals surface area (Å²) in [6.45, 7) is 5.66. The number of benzene rings is 2. The van der Waals surface area contributed by atoms with Gasteiger partial charge in [0.25, 0.3) is 5.91 Å². The monoisotopic (exact) mass is 352 g/mol. The van der Waals surface area contributed by atoms with Crippen LogP contribution in [0.15, 0.2) is 53.7 Å². The molecule has 1 aliphatic rings. The maximum atomic E-state index is 12.0. The van der Waals surface area contributed by atoms with E-state index < -0.39 is 5.60 Å². The van der Waals surface area contributed by atoms with Crippen LogP contribution in [0.3, 0.4) is 0 Å². The van der Waals surface area contributed by atoms with E-state index in [9.17, 15) is 9.59 Å². The first-order valence-corrected chi connectivity index (χ1v) is 8.26. The molecule has 26 heavy (non-hydrogen) atoms. The predicted octanol–water partition coefficient (Wildman–Crippen LogP) is 3.51. The first-order valence-electron chi connectivity index (χ1n) is 8.26. The zero-order valence-corrected chi connectivity index (χ0v) is 14.9. The maximum Gasteiger partial charge on any atom is 0.338 e. The SMILES string of the molecule is CC(C)(C)OC(=O)c1ccc(CO/N=C2\C(=O)Nc3ccccc32)cc1. The summed E-state index contributed by atoms with van der Waals surface area (Å²) in [5, 5.41) is 6.69. The number of hydrogen-bond acceptors (Lipinski definition) is 5. The Morgan fingerprint density at radius 1 is 1.08 bits per heavy atom. The lowest BCUT2D eigenvalue weighted by atomic mass is 10.1. The first kappa shape index (κ1) is 17.7. The zero-order valence-electron chi connectivity index (χ0n) is 14.9. The maximum absolute atomic E-state index is 12.0. The molecule has 6 heteroatoms. The number of carbonyl (C=O) groups is 2. The molecule has 134 valence electrons. The summed E-state index contributed by atoms with van der Waals surface area (Å²) >= 11 is 0. The Kier molecular flexibility index (Phi) is 4.75. The number of rotatable bonds is 4.